The van der Waals surface area contributed by atoms with Gasteiger partial charge in [0.2, 0.25) is 5.91 Å². The summed E-state index contributed by atoms with van der Waals surface area (Å²) < 4.78 is 0.967. The molecule has 1 aliphatic rings. The van der Waals surface area contributed by atoms with Crippen LogP contribution < -0.4 is 0 Å². The lowest BCUT2D eigenvalue weighted by Gasteiger charge is -2.30. The largest absolute Gasteiger partial charge is 0.337 e. The third-order valence-electron chi connectivity index (χ3n) is 2.94. The molecule has 1 fully saturated rings. The number of aromatic nitrogens is 1. The predicted molar refractivity (Wildman–Crippen MR) is 65.8 cm³/mol. The Kier molecular flexibility index (Phi) is 3.59. The molecule has 1 aromatic heterocycles. The second-order valence-corrected chi connectivity index (χ2v) is 5.19. The summed E-state index contributed by atoms with van der Waals surface area (Å²) in [5.74, 6) is 0.431. The Bertz CT molecular complexity index is 377. The first-order valence-electron chi connectivity index (χ1n) is 5.56. The molecular weight excluding hydrogens is 268 g/mol. The van der Waals surface area contributed by atoms with Crippen LogP contribution in [0.25, 0.3) is 0 Å². The van der Waals surface area contributed by atoms with Crippen molar-refractivity contribution >= 4 is 21.8 Å². The summed E-state index contributed by atoms with van der Waals surface area (Å²) in [6.45, 7) is 3.50. The summed E-state index contributed by atoms with van der Waals surface area (Å²) in [5.41, 5.74) is 0.950. The van der Waals surface area contributed by atoms with E-state index in [4.69, 9.17) is 0 Å². The Morgan fingerprint density at radius 3 is 3.06 bits per heavy atom. The van der Waals surface area contributed by atoms with Crippen LogP contribution >= 0.6 is 15.9 Å². The van der Waals surface area contributed by atoms with Crippen LogP contribution in [0.15, 0.2) is 22.8 Å². The van der Waals surface area contributed by atoms with Crippen LogP contribution in [0.2, 0.25) is 0 Å². The molecule has 2 rings (SSSR count). The average molecular weight is 283 g/mol. The fraction of sp³-hybridized carbons (Fsp3) is 0.500. The molecule has 2 heterocycles. The molecule has 86 valence electrons. The van der Waals surface area contributed by atoms with Gasteiger partial charge < -0.3 is 4.90 Å². The van der Waals surface area contributed by atoms with Crippen LogP contribution in [0, 0.1) is 5.92 Å². The summed E-state index contributed by atoms with van der Waals surface area (Å²) in [4.78, 5) is 18.1. The summed E-state index contributed by atoms with van der Waals surface area (Å²) in [5, 5.41) is 0. The first-order chi connectivity index (χ1) is 7.66. The van der Waals surface area contributed by atoms with Gasteiger partial charge in [-0.1, -0.05) is 6.92 Å². The van der Waals surface area contributed by atoms with E-state index in [1.807, 2.05) is 24.0 Å². The maximum absolute atomic E-state index is 11.9. The van der Waals surface area contributed by atoms with Crippen LogP contribution in [-0.4, -0.2) is 22.3 Å². The molecule has 1 atom stereocenters. The van der Waals surface area contributed by atoms with Crippen molar-refractivity contribution in [3.63, 3.8) is 0 Å². The third-order valence-corrected chi connectivity index (χ3v) is 3.41. The number of carbonyl (C=O) groups is 1. The van der Waals surface area contributed by atoms with E-state index in [1.165, 1.54) is 0 Å². The van der Waals surface area contributed by atoms with Crippen molar-refractivity contribution in [2.45, 2.75) is 26.3 Å². The highest BCUT2D eigenvalue weighted by Crippen LogP contribution is 2.19. The number of rotatable bonds is 2. The molecule has 0 aromatic carbocycles. The van der Waals surface area contributed by atoms with Crippen molar-refractivity contribution in [3.05, 3.63) is 28.5 Å². The molecule has 0 N–H and O–H groups in total. The summed E-state index contributed by atoms with van der Waals surface area (Å²) in [7, 11) is 0. The Morgan fingerprint density at radius 1 is 1.56 bits per heavy atom. The van der Waals surface area contributed by atoms with Gasteiger partial charge in [0.25, 0.3) is 0 Å². The van der Waals surface area contributed by atoms with Gasteiger partial charge in [0.1, 0.15) is 0 Å². The van der Waals surface area contributed by atoms with E-state index in [0.717, 1.165) is 29.6 Å². The van der Waals surface area contributed by atoms with Crippen molar-refractivity contribution in [2.24, 2.45) is 5.92 Å². The number of piperidine rings is 1. The number of halogens is 1. The van der Waals surface area contributed by atoms with Gasteiger partial charge in [-0.25, -0.2) is 0 Å². The van der Waals surface area contributed by atoms with Crippen molar-refractivity contribution < 1.29 is 4.79 Å². The Hall–Kier alpha value is -0.900. The molecular formula is C12H15BrN2O. The minimum Gasteiger partial charge on any atom is -0.337 e. The van der Waals surface area contributed by atoms with E-state index >= 15 is 0 Å². The van der Waals surface area contributed by atoms with E-state index in [2.05, 4.69) is 20.9 Å². The van der Waals surface area contributed by atoms with E-state index in [1.54, 1.807) is 6.20 Å². The molecule has 0 spiro atoms. The summed E-state index contributed by atoms with van der Waals surface area (Å²) >= 11 is 3.35. The van der Waals surface area contributed by atoms with Crippen LogP contribution in [-0.2, 0) is 11.3 Å². The van der Waals surface area contributed by atoms with Gasteiger partial charge in [-0.3, -0.25) is 9.78 Å². The number of nitrogens with zero attached hydrogens (tertiary/aromatic N) is 2. The molecule has 0 radical (unpaired) electrons. The van der Waals surface area contributed by atoms with E-state index < -0.39 is 0 Å². The van der Waals surface area contributed by atoms with Crippen LogP contribution in [0.5, 0.6) is 0 Å². The van der Waals surface area contributed by atoms with Crippen molar-refractivity contribution in [3.8, 4) is 0 Å². The topological polar surface area (TPSA) is 33.2 Å². The zero-order chi connectivity index (χ0) is 11.5. The molecule has 1 aromatic rings. The lowest BCUT2D eigenvalue weighted by molar-refractivity contribution is -0.138. The highest BCUT2D eigenvalue weighted by molar-refractivity contribution is 9.10. The van der Waals surface area contributed by atoms with Crippen molar-refractivity contribution in [1.82, 2.24) is 9.88 Å². The second kappa shape index (κ2) is 4.95. The minimum atomic E-state index is 0.171. The average Bonchev–Trinajstić information content (AvgIpc) is 2.28. The molecule has 4 heteroatoms. The van der Waals surface area contributed by atoms with Gasteiger partial charge in [-0.2, -0.15) is 0 Å². The quantitative estimate of drug-likeness (QED) is 0.836. The lowest BCUT2D eigenvalue weighted by Crippen LogP contribution is -2.39. The van der Waals surface area contributed by atoms with Crippen LogP contribution in [0.4, 0.5) is 0 Å². The zero-order valence-corrected chi connectivity index (χ0v) is 10.9. The molecule has 0 saturated carbocycles. The highest BCUT2D eigenvalue weighted by atomic mass is 79.9. The van der Waals surface area contributed by atoms with Gasteiger partial charge in [0, 0.05) is 23.1 Å². The number of pyridine rings is 1. The van der Waals surface area contributed by atoms with E-state index in [0.29, 0.717) is 6.54 Å². The predicted octanol–water partition coefficient (Wildman–Crippen LogP) is 2.60. The number of hydrogen-bond acceptors (Lipinski definition) is 2. The summed E-state index contributed by atoms with van der Waals surface area (Å²) in [6.07, 6.45) is 3.89. The highest BCUT2D eigenvalue weighted by Gasteiger charge is 2.24. The maximum atomic E-state index is 11.9. The van der Waals surface area contributed by atoms with Crippen LogP contribution in [0.1, 0.15) is 25.5 Å². The minimum absolute atomic E-state index is 0.171. The molecule has 3 nitrogen and oxygen atoms in total. The molecule has 0 aliphatic carbocycles. The molecule has 0 bridgehead atoms. The van der Waals surface area contributed by atoms with Crippen molar-refractivity contribution in [1.29, 1.82) is 0 Å². The smallest absolute Gasteiger partial charge is 0.225 e. The Morgan fingerprint density at radius 2 is 2.38 bits per heavy atom. The SMILES string of the molecule is CC1CCCN(Cc2ccc(Br)cn2)C1=O. The molecule has 16 heavy (non-hydrogen) atoms. The monoisotopic (exact) mass is 282 g/mol. The number of hydrogen-bond donors (Lipinski definition) is 0. The first kappa shape index (κ1) is 11.6. The standard InChI is InChI=1S/C12H15BrN2O/c1-9-3-2-6-15(12(9)16)8-11-5-4-10(13)7-14-11/h4-5,7,9H,2-3,6,8H2,1H3. The van der Waals surface area contributed by atoms with Crippen LogP contribution in [0.3, 0.4) is 0 Å². The molecule has 1 amide bonds. The lowest BCUT2D eigenvalue weighted by atomic mass is 9.99. The number of likely N-dealkylation sites (tertiary alicyclic amines) is 1. The molecule has 1 unspecified atom stereocenters. The van der Waals surface area contributed by atoms with Gasteiger partial charge in [0.05, 0.1) is 12.2 Å². The normalized spacial score (nSPS) is 21.2. The zero-order valence-electron chi connectivity index (χ0n) is 9.32. The number of amides is 1. The Labute approximate surface area is 104 Å². The van der Waals surface area contributed by atoms with Crippen molar-refractivity contribution in [2.75, 3.05) is 6.54 Å². The fourth-order valence-corrected chi connectivity index (χ4v) is 2.22. The van der Waals surface area contributed by atoms with E-state index in [-0.39, 0.29) is 11.8 Å². The van der Waals surface area contributed by atoms with Gasteiger partial charge in [0.15, 0.2) is 0 Å². The summed E-state index contributed by atoms with van der Waals surface area (Å²) in [6, 6.07) is 3.91. The van der Waals surface area contributed by atoms with Gasteiger partial charge in [-0.15, -0.1) is 0 Å². The molecule has 1 saturated heterocycles. The number of carbonyl (C=O) groups excluding carboxylic acids is 1. The van der Waals surface area contributed by atoms with E-state index in [9.17, 15) is 4.79 Å². The second-order valence-electron chi connectivity index (χ2n) is 4.27. The van der Waals surface area contributed by atoms with Gasteiger partial charge >= 0.3 is 0 Å². The maximum Gasteiger partial charge on any atom is 0.225 e. The first-order valence-corrected chi connectivity index (χ1v) is 6.35. The Balaban J connectivity index is 2.03. The molecule has 1 aliphatic heterocycles. The third kappa shape index (κ3) is 2.61. The fourth-order valence-electron chi connectivity index (χ4n) is 1.99. The van der Waals surface area contributed by atoms with Gasteiger partial charge in [-0.05, 0) is 40.9 Å².